The Morgan fingerprint density at radius 3 is 2.64 bits per heavy atom. The van der Waals surface area contributed by atoms with Gasteiger partial charge in [0.15, 0.2) is 0 Å². The number of hydrogen-bond donors (Lipinski definition) is 0. The van der Waals surface area contributed by atoms with Crippen molar-refractivity contribution in [3.05, 3.63) is 0 Å². The maximum absolute atomic E-state index is 8.36. The van der Waals surface area contributed by atoms with Gasteiger partial charge in [-0.25, -0.2) is 0 Å². The predicted molar refractivity (Wildman–Crippen MR) is 42.1 cm³/mol. The van der Waals surface area contributed by atoms with Gasteiger partial charge in [0.1, 0.15) is 0 Å². The highest BCUT2D eigenvalue weighted by atomic mass is 16.5. The molecule has 0 fully saturated rings. The molecule has 11 heavy (non-hydrogen) atoms. The van der Waals surface area contributed by atoms with E-state index >= 15 is 0 Å². The van der Waals surface area contributed by atoms with Gasteiger partial charge in [-0.1, -0.05) is 6.92 Å². The summed E-state index contributed by atoms with van der Waals surface area (Å²) in [5.41, 5.74) is 0. The second-order valence-electron chi connectivity index (χ2n) is 2.26. The Labute approximate surface area is 67.9 Å². The second kappa shape index (κ2) is 7.52. The molecule has 0 aliphatic rings. The number of methoxy groups -OCH3 is 1. The molecule has 0 aromatic rings. The zero-order chi connectivity index (χ0) is 8.53. The third kappa shape index (κ3) is 5.84. The Hall–Kier alpha value is -0.590. The summed E-state index contributed by atoms with van der Waals surface area (Å²) in [6.07, 6.45) is 1.44. The summed E-state index contributed by atoms with van der Waals surface area (Å²) in [6, 6.07) is 2.08. The summed E-state index contributed by atoms with van der Waals surface area (Å²) in [5, 5.41) is 8.36. The van der Waals surface area contributed by atoms with Crippen LogP contribution in [0.2, 0.25) is 0 Å². The Morgan fingerprint density at radius 2 is 2.18 bits per heavy atom. The first-order chi connectivity index (χ1) is 5.35. The fourth-order valence-corrected chi connectivity index (χ4v) is 0.721. The van der Waals surface area contributed by atoms with Crippen LogP contribution in [0.25, 0.3) is 0 Å². The summed E-state index contributed by atoms with van der Waals surface area (Å²) in [7, 11) is 1.63. The lowest BCUT2D eigenvalue weighted by atomic mass is 10.2. The number of rotatable bonds is 6. The maximum atomic E-state index is 8.36. The molecule has 3 nitrogen and oxygen atoms in total. The molecule has 3 heteroatoms. The molecule has 0 aliphatic heterocycles. The Balaban J connectivity index is 3.30. The highest BCUT2D eigenvalue weighted by Gasteiger charge is 2.03. The van der Waals surface area contributed by atoms with Crippen molar-refractivity contribution in [2.75, 3.05) is 20.3 Å². The van der Waals surface area contributed by atoms with Gasteiger partial charge in [0.2, 0.25) is 0 Å². The Kier molecular flexibility index (Phi) is 7.11. The van der Waals surface area contributed by atoms with Gasteiger partial charge in [-0.2, -0.15) is 5.26 Å². The lowest BCUT2D eigenvalue weighted by Gasteiger charge is -2.11. The summed E-state index contributed by atoms with van der Waals surface area (Å²) < 4.78 is 10.1. The minimum absolute atomic E-state index is 0.0788. The van der Waals surface area contributed by atoms with Gasteiger partial charge in [-0.05, 0) is 6.42 Å². The highest BCUT2D eigenvalue weighted by Crippen LogP contribution is 2.01. The van der Waals surface area contributed by atoms with E-state index in [0.717, 1.165) is 6.42 Å². The number of nitrogens with zero attached hydrogens (tertiary/aromatic N) is 1. The van der Waals surface area contributed by atoms with E-state index < -0.39 is 0 Å². The summed E-state index contributed by atoms with van der Waals surface area (Å²) in [4.78, 5) is 0. The minimum atomic E-state index is 0.0788. The van der Waals surface area contributed by atoms with Crippen LogP contribution in [0, 0.1) is 11.3 Å². The lowest BCUT2D eigenvalue weighted by molar-refractivity contribution is 0.0180. The monoisotopic (exact) mass is 157 g/mol. The molecular formula is C8H15NO2. The van der Waals surface area contributed by atoms with E-state index in [-0.39, 0.29) is 6.10 Å². The molecule has 0 N–H and O–H groups in total. The molecule has 1 atom stereocenters. The zero-order valence-corrected chi connectivity index (χ0v) is 7.17. The van der Waals surface area contributed by atoms with Gasteiger partial charge in [0.05, 0.1) is 31.8 Å². The first kappa shape index (κ1) is 10.4. The van der Waals surface area contributed by atoms with Crippen LogP contribution in [-0.2, 0) is 9.47 Å². The van der Waals surface area contributed by atoms with Crippen molar-refractivity contribution in [3.63, 3.8) is 0 Å². The maximum Gasteiger partial charge on any atom is 0.0704 e. The molecule has 64 valence electrons. The minimum Gasteiger partial charge on any atom is -0.382 e. The number of ether oxygens (including phenoxy) is 2. The van der Waals surface area contributed by atoms with Crippen molar-refractivity contribution < 1.29 is 9.47 Å². The summed E-state index contributed by atoms with van der Waals surface area (Å²) >= 11 is 0. The van der Waals surface area contributed by atoms with Crippen LogP contribution in [-0.4, -0.2) is 26.4 Å². The predicted octanol–water partition coefficient (Wildman–Crippen LogP) is 1.34. The molecule has 0 amide bonds. The van der Waals surface area contributed by atoms with Gasteiger partial charge < -0.3 is 9.47 Å². The normalized spacial score (nSPS) is 12.5. The molecule has 0 aliphatic carbocycles. The largest absolute Gasteiger partial charge is 0.382 e. The topological polar surface area (TPSA) is 42.2 Å². The van der Waals surface area contributed by atoms with Crippen molar-refractivity contribution in [1.29, 1.82) is 5.26 Å². The molecule has 1 unspecified atom stereocenters. The number of nitriles is 1. The van der Waals surface area contributed by atoms with Crippen LogP contribution in [0.3, 0.4) is 0 Å². The van der Waals surface area contributed by atoms with Crippen LogP contribution in [0.15, 0.2) is 0 Å². The van der Waals surface area contributed by atoms with Crippen LogP contribution < -0.4 is 0 Å². The van der Waals surface area contributed by atoms with Gasteiger partial charge in [0.25, 0.3) is 0 Å². The fraction of sp³-hybridized carbons (Fsp3) is 0.875. The standard InChI is InChI=1S/C8H15NO2/c1-3-8(4-5-9)11-7-6-10-2/h8H,3-4,6-7H2,1-2H3. The van der Waals surface area contributed by atoms with Crippen molar-refractivity contribution >= 4 is 0 Å². The molecule has 0 radical (unpaired) electrons. The first-order valence-electron chi connectivity index (χ1n) is 3.82. The van der Waals surface area contributed by atoms with Crippen LogP contribution >= 0.6 is 0 Å². The molecule has 0 aromatic carbocycles. The Bertz CT molecular complexity index is 120. The van der Waals surface area contributed by atoms with E-state index in [1.807, 2.05) is 6.92 Å². The van der Waals surface area contributed by atoms with Crippen LogP contribution in [0.5, 0.6) is 0 Å². The van der Waals surface area contributed by atoms with Crippen molar-refractivity contribution in [2.24, 2.45) is 0 Å². The molecule has 0 saturated heterocycles. The zero-order valence-electron chi connectivity index (χ0n) is 7.17. The summed E-state index contributed by atoms with van der Waals surface area (Å²) in [6.45, 7) is 3.19. The molecule has 0 bridgehead atoms. The van der Waals surface area contributed by atoms with E-state index in [0.29, 0.717) is 19.6 Å². The fourth-order valence-electron chi connectivity index (χ4n) is 0.721. The van der Waals surface area contributed by atoms with Crippen molar-refractivity contribution in [1.82, 2.24) is 0 Å². The molecule has 0 aromatic heterocycles. The van der Waals surface area contributed by atoms with Gasteiger partial charge in [-0.15, -0.1) is 0 Å². The van der Waals surface area contributed by atoms with E-state index in [2.05, 4.69) is 6.07 Å². The average Bonchev–Trinajstić information content (AvgIpc) is 2.03. The van der Waals surface area contributed by atoms with E-state index in [1.165, 1.54) is 0 Å². The average molecular weight is 157 g/mol. The molecule has 0 heterocycles. The third-order valence-corrected chi connectivity index (χ3v) is 1.42. The first-order valence-corrected chi connectivity index (χ1v) is 3.82. The molecule has 0 saturated carbocycles. The van der Waals surface area contributed by atoms with E-state index in [4.69, 9.17) is 14.7 Å². The lowest BCUT2D eigenvalue weighted by Crippen LogP contribution is -2.14. The highest BCUT2D eigenvalue weighted by molar-refractivity contribution is 4.75. The Morgan fingerprint density at radius 1 is 1.45 bits per heavy atom. The van der Waals surface area contributed by atoms with Gasteiger partial charge in [0, 0.05) is 7.11 Å². The quantitative estimate of drug-likeness (QED) is 0.546. The smallest absolute Gasteiger partial charge is 0.0704 e. The van der Waals surface area contributed by atoms with E-state index in [9.17, 15) is 0 Å². The van der Waals surface area contributed by atoms with Crippen molar-refractivity contribution in [2.45, 2.75) is 25.9 Å². The van der Waals surface area contributed by atoms with Crippen molar-refractivity contribution in [3.8, 4) is 6.07 Å². The summed E-state index contributed by atoms with van der Waals surface area (Å²) in [5.74, 6) is 0. The molecule has 0 rings (SSSR count). The molecular weight excluding hydrogens is 142 g/mol. The van der Waals surface area contributed by atoms with Crippen LogP contribution in [0.4, 0.5) is 0 Å². The second-order valence-corrected chi connectivity index (χ2v) is 2.26. The van der Waals surface area contributed by atoms with Crippen LogP contribution in [0.1, 0.15) is 19.8 Å². The van der Waals surface area contributed by atoms with E-state index in [1.54, 1.807) is 7.11 Å². The van der Waals surface area contributed by atoms with Gasteiger partial charge >= 0.3 is 0 Å². The van der Waals surface area contributed by atoms with Gasteiger partial charge in [-0.3, -0.25) is 0 Å². The third-order valence-electron chi connectivity index (χ3n) is 1.42. The number of hydrogen-bond acceptors (Lipinski definition) is 3. The molecule has 0 spiro atoms. The SMILES string of the molecule is CCC(CC#N)OCCOC.